The number of aryl methyl sites for hydroxylation is 2. The molecule has 148 valence electrons. The number of anilines is 1. The van der Waals surface area contributed by atoms with Gasteiger partial charge in [0.15, 0.2) is 5.58 Å². The summed E-state index contributed by atoms with van der Waals surface area (Å²) in [5, 5.41) is 4.55. The normalized spacial score (nSPS) is 11.1. The highest BCUT2D eigenvalue weighted by Crippen LogP contribution is 2.33. The summed E-state index contributed by atoms with van der Waals surface area (Å²) in [6.07, 6.45) is 0.704. The minimum absolute atomic E-state index is 0.139. The summed E-state index contributed by atoms with van der Waals surface area (Å²) in [5.41, 5.74) is 3.87. The highest BCUT2D eigenvalue weighted by atomic mass is 32.2. The molecule has 0 aliphatic heterocycles. The summed E-state index contributed by atoms with van der Waals surface area (Å²) in [6, 6.07) is 13.4. The lowest BCUT2D eigenvalue weighted by Crippen LogP contribution is -2.15. The molecule has 2 aromatic carbocycles. The Kier molecular flexibility index (Phi) is 5.40. The summed E-state index contributed by atoms with van der Waals surface area (Å²) in [6.45, 7) is 3.98. The Labute approximate surface area is 172 Å². The summed E-state index contributed by atoms with van der Waals surface area (Å²) in [4.78, 5) is 21.8. The zero-order valence-electron chi connectivity index (χ0n) is 16.5. The Hall–Kier alpha value is -3.06. The van der Waals surface area contributed by atoms with E-state index in [0.29, 0.717) is 28.5 Å². The van der Waals surface area contributed by atoms with Crippen LogP contribution >= 0.6 is 11.8 Å². The van der Waals surface area contributed by atoms with E-state index in [1.54, 1.807) is 7.11 Å². The minimum Gasteiger partial charge on any atom is -0.495 e. The molecule has 0 saturated carbocycles. The maximum atomic E-state index is 12.6. The molecule has 29 heavy (non-hydrogen) atoms. The molecule has 0 spiro atoms. The van der Waals surface area contributed by atoms with Gasteiger partial charge in [0.25, 0.3) is 0 Å². The molecule has 0 aliphatic rings. The van der Waals surface area contributed by atoms with Gasteiger partial charge in [-0.1, -0.05) is 36.9 Å². The van der Waals surface area contributed by atoms with Crippen molar-refractivity contribution in [3.63, 3.8) is 0 Å². The van der Waals surface area contributed by atoms with Crippen LogP contribution in [0.4, 0.5) is 5.69 Å². The fourth-order valence-corrected chi connectivity index (χ4v) is 3.88. The number of carbonyl (C=O) groups is 1. The van der Waals surface area contributed by atoms with E-state index in [2.05, 4.69) is 15.3 Å². The van der Waals surface area contributed by atoms with Gasteiger partial charge in [-0.3, -0.25) is 4.79 Å². The maximum Gasteiger partial charge on any atom is 0.234 e. The number of furan rings is 1. The van der Waals surface area contributed by atoms with Gasteiger partial charge in [0.05, 0.1) is 18.6 Å². The van der Waals surface area contributed by atoms with Crippen LogP contribution in [0, 0.1) is 6.92 Å². The standard InChI is InChI=1S/C22H21N3O3S/c1-4-18-24-20-14-7-5-6-8-16(14)28-21(20)22(25-18)29-12-19(26)23-15-11-13(2)9-10-17(15)27-3/h5-11H,4,12H2,1-3H3,(H,23,26). The zero-order chi connectivity index (χ0) is 20.4. The molecule has 0 radical (unpaired) electrons. The fraction of sp³-hybridized carbons (Fsp3) is 0.227. The van der Waals surface area contributed by atoms with E-state index < -0.39 is 0 Å². The maximum absolute atomic E-state index is 12.6. The van der Waals surface area contributed by atoms with Crippen LogP contribution in [0.5, 0.6) is 5.75 Å². The smallest absolute Gasteiger partial charge is 0.234 e. The number of hydrogen-bond acceptors (Lipinski definition) is 6. The third-order valence-corrected chi connectivity index (χ3v) is 5.48. The molecule has 0 saturated heterocycles. The van der Waals surface area contributed by atoms with Crippen molar-refractivity contribution in [3.05, 3.63) is 53.9 Å². The second-order valence-corrected chi connectivity index (χ2v) is 7.58. The molecular formula is C22H21N3O3S. The molecule has 4 aromatic rings. The van der Waals surface area contributed by atoms with Gasteiger partial charge in [-0.15, -0.1) is 0 Å². The molecule has 1 N–H and O–H groups in total. The van der Waals surface area contributed by atoms with Crippen molar-refractivity contribution in [2.45, 2.75) is 25.3 Å². The Morgan fingerprint density at radius 1 is 1.21 bits per heavy atom. The summed E-state index contributed by atoms with van der Waals surface area (Å²) in [7, 11) is 1.58. The van der Waals surface area contributed by atoms with Gasteiger partial charge in [0.1, 0.15) is 27.7 Å². The quantitative estimate of drug-likeness (QED) is 0.359. The highest BCUT2D eigenvalue weighted by Gasteiger charge is 2.17. The molecule has 2 heterocycles. The number of fused-ring (bicyclic) bond motifs is 3. The first-order chi connectivity index (χ1) is 14.1. The van der Waals surface area contributed by atoms with E-state index in [0.717, 1.165) is 27.9 Å². The third-order valence-electron chi connectivity index (χ3n) is 4.52. The van der Waals surface area contributed by atoms with Crippen molar-refractivity contribution in [1.82, 2.24) is 9.97 Å². The number of benzene rings is 2. The zero-order valence-corrected chi connectivity index (χ0v) is 17.3. The van der Waals surface area contributed by atoms with Gasteiger partial charge in [-0.25, -0.2) is 9.97 Å². The van der Waals surface area contributed by atoms with E-state index in [1.165, 1.54) is 11.8 Å². The van der Waals surface area contributed by atoms with Crippen LogP contribution in [0.3, 0.4) is 0 Å². The number of amides is 1. The van der Waals surface area contributed by atoms with Crippen molar-refractivity contribution in [3.8, 4) is 5.75 Å². The molecule has 0 bridgehead atoms. The van der Waals surface area contributed by atoms with Crippen LogP contribution in [0.1, 0.15) is 18.3 Å². The van der Waals surface area contributed by atoms with Crippen LogP contribution < -0.4 is 10.1 Å². The monoisotopic (exact) mass is 407 g/mol. The number of rotatable bonds is 6. The van der Waals surface area contributed by atoms with Crippen LogP contribution in [0.15, 0.2) is 51.9 Å². The third kappa shape index (κ3) is 3.91. The molecule has 6 nitrogen and oxygen atoms in total. The Bertz CT molecular complexity index is 1200. The molecule has 7 heteroatoms. The van der Waals surface area contributed by atoms with Crippen LogP contribution in [0.2, 0.25) is 0 Å². The van der Waals surface area contributed by atoms with Gasteiger partial charge in [0, 0.05) is 11.8 Å². The summed E-state index contributed by atoms with van der Waals surface area (Å²) >= 11 is 1.34. The number of hydrogen-bond donors (Lipinski definition) is 1. The van der Waals surface area contributed by atoms with E-state index in [4.69, 9.17) is 9.15 Å². The largest absolute Gasteiger partial charge is 0.495 e. The number of methoxy groups -OCH3 is 1. The number of nitrogens with zero attached hydrogens (tertiary/aromatic N) is 2. The molecule has 1 amide bonds. The van der Waals surface area contributed by atoms with E-state index >= 15 is 0 Å². The molecule has 2 aromatic heterocycles. The van der Waals surface area contributed by atoms with Crippen LogP contribution in [-0.4, -0.2) is 28.7 Å². The predicted molar refractivity (Wildman–Crippen MR) is 116 cm³/mol. The van der Waals surface area contributed by atoms with Gasteiger partial charge < -0.3 is 14.5 Å². The van der Waals surface area contributed by atoms with Crippen molar-refractivity contribution < 1.29 is 13.9 Å². The fourth-order valence-electron chi connectivity index (χ4n) is 3.11. The second kappa shape index (κ2) is 8.13. The van der Waals surface area contributed by atoms with Crippen LogP contribution in [0.25, 0.3) is 22.1 Å². The van der Waals surface area contributed by atoms with Gasteiger partial charge in [-0.2, -0.15) is 0 Å². The Morgan fingerprint density at radius 3 is 2.83 bits per heavy atom. The van der Waals surface area contributed by atoms with Gasteiger partial charge in [0.2, 0.25) is 5.91 Å². The van der Waals surface area contributed by atoms with Crippen molar-refractivity contribution >= 4 is 45.4 Å². The first-order valence-electron chi connectivity index (χ1n) is 9.34. The molecule has 0 atom stereocenters. The molecular weight excluding hydrogens is 386 g/mol. The van der Waals surface area contributed by atoms with E-state index in [1.807, 2.05) is 56.3 Å². The Balaban J connectivity index is 1.59. The van der Waals surface area contributed by atoms with Crippen LogP contribution in [-0.2, 0) is 11.2 Å². The summed E-state index contributed by atoms with van der Waals surface area (Å²) < 4.78 is 11.3. The first-order valence-corrected chi connectivity index (χ1v) is 10.3. The molecule has 0 fully saturated rings. The van der Waals surface area contributed by atoms with E-state index in [9.17, 15) is 4.79 Å². The first kappa shape index (κ1) is 19.3. The number of thioether (sulfide) groups is 1. The van der Waals surface area contributed by atoms with Crippen molar-refractivity contribution in [1.29, 1.82) is 0 Å². The van der Waals surface area contributed by atoms with Crippen molar-refractivity contribution in [2.24, 2.45) is 0 Å². The lowest BCUT2D eigenvalue weighted by atomic mass is 10.2. The van der Waals surface area contributed by atoms with Crippen molar-refractivity contribution in [2.75, 3.05) is 18.2 Å². The average Bonchev–Trinajstić information content (AvgIpc) is 3.11. The van der Waals surface area contributed by atoms with E-state index in [-0.39, 0.29) is 11.7 Å². The lowest BCUT2D eigenvalue weighted by molar-refractivity contribution is -0.113. The number of ether oxygens (including phenoxy) is 1. The average molecular weight is 407 g/mol. The predicted octanol–water partition coefficient (Wildman–Crippen LogP) is 4.99. The molecule has 4 rings (SSSR count). The highest BCUT2D eigenvalue weighted by molar-refractivity contribution is 8.00. The number of aromatic nitrogens is 2. The Morgan fingerprint density at radius 2 is 2.03 bits per heavy atom. The second-order valence-electron chi connectivity index (χ2n) is 6.62. The number of para-hydroxylation sites is 1. The SMILES string of the molecule is CCc1nc(SCC(=O)Nc2cc(C)ccc2OC)c2oc3ccccc3c2n1. The molecule has 0 aliphatic carbocycles. The number of nitrogens with one attached hydrogen (secondary N) is 1. The van der Waals surface area contributed by atoms with Gasteiger partial charge in [-0.05, 0) is 36.8 Å². The van der Waals surface area contributed by atoms with Gasteiger partial charge >= 0.3 is 0 Å². The lowest BCUT2D eigenvalue weighted by Gasteiger charge is -2.11. The minimum atomic E-state index is -0.139. The summed E-state index contributed by atoms with van der Waals surface area (Å²) in [5.74, 6) is 1.42. The molecule has 0 unspecified atom stereocenters. The topological polar surface area (TPSA) is 77.2 Å². The number of carbonyl (C=O) groups excluding carboxylic acids is 1.